The van der Waals surface area contributed by atoms with E-state index in [1.54, 1.807) is 23.8 Å². The monoisotopic (exact) mass is 399 g/mol. The average molecular weight is 399 g/mol. The third-order valence-electron chi connectivity index (χ3n) is 5.05. The van der Waals surface area contributed by atoms with Crippen molar-refractivity contribution in [3.05, 3.63) is 59.1 Å². The lowest BCUT2D eigenvalue weighted by molar-refractivity contribution is -0.112. The van der Waals surface area contributed by atoms with Gasteiger partial charge in [-0.2, -0.15) is 5.10 Å². The number of carbonyl (C=O) groups excluding carboxylic acids is 1. The third kappa shape index (κ3) is 3.47. The predicted octanol–water partition coefficient (Wildman–Crippen LogP) is 2.79. The van der Waals surface area contributed by atoms with Crippen LogP contribution in [0.1, 0.15) is 29.4 Å². The minimum Gasteiger partial charge on any atom is -0.464 e. The van der Waals surface area contributed by atoms with Gasteiger partial charge in [-0.1, -0.05) is 18.2 Å². The van der Waals surface area contributed by atoms with E-state index in [2.05, 4.69) is 10.4 Å². The van der Waals surface area contributed by atoms with Gasteiger partial charge >= 0.3 is 0 Å². The summed E-state index contributed by atoms with van der Waals surface area (Å²) in [5.41, 5.74) is 3.30. The summed E-state index contributed by atoms with van der Waals surface area (Å²) < 4.78 is 30.9. The first-order valence-electron chi connectivity index (χ1n) is 9.05. The number of aromatic nitrogens is 2. The molecule has 3 heterocycles. The first-order chi connectivity index (χ1) is 13.3. The fourth-order valence-electron chi connectivity index (χ4n) is 3.60. The smallest absolute Gasteiger partial charge is 0.255 e. The van der Waals surface area contributed by atoms with Crippen LogP contribution in [0.5, 0.6) is 5.75 Å². The van der Waals surface area contributed by atoms with Gasteiger partial charge in [0.1, 0.15) is 5.75 Å². The first-order valence-corrected chi connectivity index (χ1v) is 10.9. The van der Waals surface area contributed by atoms with Gasteiger partial charge in [0.25, 0.3) is 5.91 Å². The lowest BCUT2D eigenvalue weighted by atomic mass is 10.1. The molecular weight excluding hydrogens is 378 g/mol. The number of hydrogen-bond acceptors (Lipinski definition) is 5. The van der Waals surface area contributed by atoms with Gasteiger partial charge in [-0.3, -0.25) is 9.48 Å². The van der Waals surface area contributed by atoms with E-state index < -0.39 is 9.84 Å². The Kier molecular flexibility index (Phi) is 4.58. The molecule has 0 aliphatic carbocycles. The Labute approximate surface area is 163 Å². The number of para-hydroxylation sites is 1. The van der Waals surface area contributed by atoms with Gasteiger partial charge in [0.05, 0.1) is 40.9 Å². The van der Waals surface area contributed by atoms with Gasteiger partial charge in [-0.25, -0.2) is 8.42 Å². The van der Waals surface area contributed by atoms with Crippen LogP contribution in [-0.2, 0) is 14.6 Å². The molecule has 2 aromatic rings. The fourth-order valence-corrected chi connectivity index (χ4v) is 5.29. The Morgan fingerprint density at radius 2 is 2.07 bits per heavy atom. The molecule has 1 N–H and O–H groups in total. The zero-order chi connectivity index (χ0) is 19.9. The van der Waals surface area contributed by atoms with Gasteiger partial charge in [-0.05, 0) is 38.5 Å². The molecular formula is C20H21N3O4S. The van der Waals surface area contributed by atoms with E-state index in [1.165, 1.54) is 6.26 Å². The molecule has 0 radical (unpaired) electrons. The molecule has 7 nitrogen and oxygen atoms in total. The maximum Gasteiger partial charge on any atom is 0.255 e. The summed E-state index contributed by atoms with van der Waals surface area (Å²) in [6, 6.07) is 7.28. The summed E-state index contributed by atoms with van der Waals surface area (Å²) in [6.07, 6.45) is 5.42. The number of benzene rings is 1. The van der Waals surface area contributed by atoms with Crippen molar-refractivity contribution in [2.75, 3.05) is 16.8 Å². The number of sulfone groups is 1. The van der Waals surface area contributed by atoms with Crippen LogP contribution >= 0.6 is 0 Å². The van der Waals surface area contributed by atoms with E-state index in [9.17, 15) is 13.2 Å². The summed E-state index contributed by atoms with van der Waals surface area (Å²) in [5.74, 6) is 0.671. The molecule has 1 atom stereocenters. The fraction of sp³-hybridized carbons (Fsp3) is 0.300. The molecule has 1 aromatic carbocycles. The van der Waals surface area contributed by atoms with Crippen LogP contribution in [0.2, 0.25) is 0 Å². The summed E-state index contributed by atoms with van der Waals surface area (Å²) in [5, 5.41) is 7.41. The molecule has 1 unspecified atom stereocenters. The van der Waals surface area contributed by atoms with E-state index >= 15 is 0 Å². The van der Waals surface area contributed by atoms with Gasteiger partial charge in [0, 0.05) is 11.1 Å². The molecule has 1 saturated heterocycles. The van der Waals surface area contributed by atoms with Crippen molar-refractivity contribution < 1.29 is 17.9 Å². The molecule has 4 rings (SSSR count). The highest BCUT2D eigenvalue weighted by atomic mass is 32.2. The topological polar surface area (TPSA) is 90.3 Å². The van der Waals surface area contributed by atoms with Gasteiger partial charge in [0.2, 0.25) is 0 Å². The van der Waals surface area contributed by atoms with Crippen LogP contribution < -0.4 is 10.1 Å². The molecule has 2 aliphatic heterocycles. The number of nitrogens with zero attached hydrogens (tertiary/aromatic N) is 2. The lowest BCUT2D eigenvalue weighted by Crippen LogP contribution is -2.16. The van der Waals surface area contributed by atoms with Crippen LogP contribution in [0.25, 0.3) is 6.08 Å². The number of fused-ring (bicyclic) bond motifs is 1. The quantitative estimate of drug-likeness (QED) is 0.857. The maximum atomic E-state index is 12.8. The number of ether oxygens (including phenoxy) is 1. The van der Waals surface area contributed by atoms with Gasteiger partial charge < -0.3 is 10.1 Å². The average Bonchev–Trinajstić information content (AvgIpc) is 3.05. The van der Waals surface area contributed by atoms with Crippen molar-refractivity contribution in [3.8, 4) is 5.75 Å². The van der Waals surface area contributed by atoms with E-state index in [1.807, 2.05) is 31.2 Å². The molecule has 0 spiro atoms. The highest BCUT2D eigenvalue weighted by Gasteiger charge is 2.31. The molecule has 1 fully saturated rings. The Morgan fingerprint density at radius 1 is 1.29 bits per heavy atom. The maximum absolute atomic E-state index is 12.8. The highest BCUT2D eigenvalue weighted by Crippen LogP contribution is 2.30. The highest BCUT2D eigenvalue weighted by molar-refractivity contribution is 7.91. The van der Waals surface area contributed by atoms with E-state index in [0.29, 0.717) is 29.1 Å². The summed E-state index contributed by atoms with van der Waals surface area (Å²) in [4.78, 5) is 12.8. The zero-order valence-corrected chi connectivity index (χ0v) is 16.5. The van der Waals surface area contributed by atoms with Crippen LogP contribution in [0.15, 0.2) is 42.2 Å². The number of rotatable bonds is 3. The van der Waals surface area contributed by atoms with Gasteiger partial charge in [0.15, 0.2) is 9.84 Å². The Bertz CT molecular complexity index is 1110. The molecule has 1 aromatic heterocycles. The molecule has 8 heteroatoms. The molecule has 1 amide bonds. The second kappa shape index (κ2) is 6.94. The van der Waals surface area contributed by atoms with E-state index in [-0.39, 0.29) is 23.5 Å². The summed E-state index contributed by atoms with van der Waals surface area (Å²) >= 11 is 0. The molecule has 28 heavy (non-hydrogen) atoms. The van der Waals surface area contributed by atoms with Crippen molar-refractivity contribution in [1.82, 2.24) is 9.78 Å². The number of hydrogen-bond donors (Lipinski definition) is 1. The van der Waals surface area contributed by atoms with E-state index in [0.717, 1.165) is 11.3 Å². The molecule has 146 valence electrons. The molecule has 2 aliphatic rings. The third-order valence-corrected chi connectivity index (χ3v) is 6.80. The number of nitrogens with one attached hydrogen (secondary N) is 1. The second-order valence-electron chi connectivity index (χ2n) is 7.06. The summed E-state index contributed by atoms with van der Waals surface area (Å²) in [7, 11) is -3.02. The van der Waals surface area contributed by atoms with Crippen molar-refractivity contribution in [2.24, 2.45) is 0 Å². The van der Waals surface area contributed by atoms with Crippen LogP contribution in [0.3, 0.4) is 0 Å². The van der Waals surface area contributed by atoms with Crippen molar-refractivity contribution >= 4 is 27.5 Å². The molecule has 0 saturated carbocycles. The standard InChI is InChI=1S/C20H21N3O4S/c1-13-19(14(2)23(22-13)17-8-10-28(25,26)12-17)21-20(24)16-7-9-27-18-6-4-3-5-15(18)11-16/h3-7,9,11,17H,8,10,12H2,1-2H3,(H,21,24). The van der Waals surface area contributed by atoms with Crippen LogP contribution in [0.4, 0.5) is 5.69 Å². The molecule has 0 bridgehead atoms. The normalized spacial score (nSPS) is 20.1. The SMILES string of the molecule is Cc1nn(C2CCS(=O)(=O)C2)c(C)c1NC(=O)C1=Cc2ccccc2OC=C1. The zero-order valence-electron chi connectivity index (χ0n) is 15.7. The number of anilines is 1. The number of aryl methyl sites for hydroxylation is 1. The van der Waals surface area contributed by atoms with Gasteiger partial charge in [-0.15, -0.1) is 0 Å². The minimum atomic E-state index is -3.02. The minimum absolute atomic E-state index is 0.0877. The van der Waals surface area contributed by atoms with Crippen molar-refractivity contribution in [1.29, 1.82) is 0 Å². The Morgan fingerprint density at radius 3 is 2.82 bits per heavy atom. The number of carbonyl (C=O) groups is 1. The predicted molar refractivity (Wildman–Crippen MR) is 107 cm³/mol. The lowest BCUT2D eigenvalue weighted by Gasteiger charge is -2.12. The summed E-state index contributed by atoms with van der Waals surface area (Å²) in [6.45, 7) is 3.65. The van der Waals surface area contributed by atoms with Crippen LogP contribution in [0, 0.1) is 13.8 Å². The van der Waals surface area contributed by atoms with E-state index in [4.69, 9.17) is 4.74 Å². The second-order valence-corrected chi connectivity index (χ2v) is 9.29. The largest absolute Gasteiger partial charge is 0.464 e. The van der Waals surface area contributed by atoms with Crippen molar-refractivity contribution in [3.63, 3.8) is 0 Å². The Balaban J connectivity index is 1.60. The Hall–Kier alpha value is -2.87. The number of amides is 1. The van der Waals surface area contributed by atoms with Crippen molar-refractivity contribution in [2.45, 2.75) is 26.3 Å². The first kappa shape index (κ1) is 18.5. The van der Waals surface area contributed by atoms with Crippen LogP contribution in [-0.4, -0.2) is 35.6 Å².